The monoisotopic (exact) mass is 555 g/mol. The van der Waals surface area contributed by atoms with Crippen LogP contribution >= 0.6 is 8.15 Å². The molecule has 204 valence electrons. The number of nitrogens with zero attached hydrogens (tertiary/aromatic N) is 1. The van der Waals surface area contributed by atoms with Gasteiger partial charge in [0.25, 0.3) is 0 Å². The van der Waals surface area contributed by atoms with E-state index in [0.717, 1.165) is 5.56 Å². The minimum absolute atomic E-state index is 0.166. The quantitative estimate of drug-likeness (QED) is 0.167. The number of ether oxygens (including phenoxy) is 1. The lowest BCUT2D eigenvalue weighted by molar-refractivity contribution is 0.0249. The zero-order valence-electron chi connectivity index (χ0n) is 23.2. The lowest BCUT2D eigenvalue weighted by Crippen LogP contribution is -2.51. The van der Waals surface area contributed by atoms with E-state index < -0.39 is 13.7 Å². The molecule has 2 atom stereocenters. The summed E-state index contributed by atoms with van der Waals surface area (Å²) in [4.78, 5) is 5.32. The van der Waals surface area contributed by atoms with E-state index in [4.69, 9.17) is 14.3 Å². The van der Waals surface area contributed by atoms with Crippen molar-refractivity contribution >= 4 is 24.7 Å². The second kappa shape index (κ2) is 12.6. The van der Waals surface area contributed by atoms with Gasteiger partial charge in [-0.2, -0.15) is 0 Å². The van der Waals surface area contributed by atoms with Crippen molar-refractivity contribution < 1.29 is 9.26 Å². The van der Waals surface area contributed by atoms with Crippen molar-refractivity contribution in [2.75, 3.05) is 0 Å². The van der Waals surface area contributed by atoms with Gasteiger partial charge in [0.1, 0.15) is 17.7 Å². The minimum Gasteiger partial charge on any atom is -0.472 e. The molecule has 5 aromatic carbocycles. The Morgan fingerprint density at radius 2 is 1.02 bits per heavy atom. The molecule has 1 heterocycles. The first kappa shape index (κ1) is 27.1. The van der Waals surface area contributed by atoms with E-state index >= 15 is 0 Å². The van der Waals surface area contributed by atoms with Gasteiger partial charge < -0.3 is 9.26 Å². The Morgan fingerprint density at radius 3 is 1.49 bits per heavy atom. The summed E-state index contributed by atoms with van der Waals surface area (Å²) in [6, 6.07) is 52.5. The first-order chi connectivity index (χ1) is 20.2. The molecule has 0 saturated carbocycles. The van der Waals surface area contributed by atoms with Gasteiger partial charge in [-0.25, -0.2) is 4.99 Å². The molecule has 4 heteroatoms. The van der Waals surface area contributed by atoms with Gasteiger partial charge in [-0.3, -0.25) is 0 Å². The highest BCUT2D eigenvalue weighted by Crippen LogP contribution is 2.46. The van der Waals surface area contributed by atoms with E-state index in [0.29, 0.717) is 18.7 Å². The molecule has 0 bridgehead atoms. The van der Waals surface area contributed by atoms with Gasteiger partial charge in [-0.05, 0) is 30.2 Å². The summed E-state index contributed by atoms with van der Waals surface area (Å²) in [7, 11) is -1.16. The maximum absolute atomic E-state index is 7.63. The fourth-order valence-corrected chi connectivity index (χ4v) is 7.60. The van der Waals surface area contributed by atoms with Crippen molar-refractivity contribution in [1.29, 1.82) is 0 Å². The third kappa shape index (κ3) is 6.33. The summed E-state index contributed by atoms with van der Waals surface area (Å²) >= 11 is 0. The second-order valence-corrected chi connectivity index (χ2v) is 12.3. The number of aliphatic imine (C=N–C) groups is 1. The molecule has 0 aromatic heterocycles. The average molecular weight is 556 g/mol. The van der Waals surface area contributed by atoms with E-state index in [1.807, 2.05) is 18.2 Å². The lowest BCUT2D eigenvalue weighted by Gasteiger charge is -2.41. The molecule has 0 amide bonds. The summed E-state index contributed by atoms with van der Waals surface area (Å²) in [6.07, 6.45) is 1.23. The molecule has 1 aliphatic heterocycles. The molecular weight excluding hydrogens is 521 g/mol. The number of benzene rings is 5. The van der Waals surface area contributed by atoms with Crippen molar-refractivity contribution in [2.24, 2.45) is 4.99 Å². The van der Waals surface area contributed by atoms with Crippen LogP contribution in [0.15, 0.2) is 157 Å². The van der Waals surface area contributed by atoms with Crippen LogP contribution in [0.3, 0.4) is 0 Å². The fraction of sp³-hybridized carbons (Fsp3) is 0.162. The van der Waals surface area contributed by atoms with E-state index in [2.05, 4.69) is 140 Å². The van der Waals surface area contributed by atoms with Crippen LogP contribution in [0.1, 0.15) is 23.6 Å². The molecule has 0 N–H and O–H groups in total. The topological polar surface area (TPSA) is 30.8 Å². The Hall–Kier alpha value is -4.04. The highest BCUT2D eigenvalue weighted by molar-refractivity contribution is 7.68. The molecule has 0 saturated heterocycles. The van der Waals surface area contributed by atoms with Gasteiger partial charge in [0, 0.05) is 29.0 Å². The van der Waals surface area contributed by atoms with Gasteiger partial charge in [0.2, 0.25) is 5.90 Å². The highest BCUT2D eigenvalue weighted by atomic mass is 31.1. The molecule has 0 aliphatic carbocycles. The summed E-state index contributed by atoms with van der Waals surface area (Å²) in [5.74, 6) is 0.681. The summed E-state index contributed by atoms with van der Waals surface area (Å²) < 4.78 is 14.1. The predicted molar refractivity (Wildman–Crippen MR) is 170 cm³/mol. The number of hydrogen-bond donors (Lipinski definition) is 0. The van der Waals surface area contributed by atoms with Crippen LogP contribution in [0.5, 0.6) is 0 Å². The van der Waals surface area contributed by atoms with Gasteiger partial charge in [0.15, 0.2) is 0 Å². The van der Waals surface area contributed by atoms with Gasteiger partial charge >= 0.3 is 0 Å². The normalized spacial score (nSPS) is 16.8. The Kier molecular flexibility index (Phi) is 8.37. The number of rotatable bonds is 10. The van der Waals surface area contributed by atoms with E-state index in [1.54, 1.807) is 0 Å². The van der Waals surface area contributed by atoms with Crippen LogP contribution in [-0.2, 0) is 22.1 Å². The molecule has 0 spiro atoms. The van der Waals surface area contributed by atoms with Crippen molar-refractivity contribution in [3.63, 3.8) is 0 Å². The molecular formula is C37H34NO2P. The molecule has 0 radical (unpaired) electrons. The smallest absolute Gasteiger partial charge is 0.216 e. The maximum atomic E-state index is 7.63. The first-order valence-corrected chi connectivity index (χ1v) is 15.4. The SMILES string of the molecule is C[C@H]1OC(c2ccccc2)=N[C@@H]1C(Cc1ccccc1)(Cc1ccccc1)OP(c1ccccc1)c1ccccc1. The molecule has 41 heavy (non-hydrogen) atoms. The molecule has 0 fully saturated rings. The van der Waals surface area contributed by atoms with Crippen LogP contribution in [0, 0.1) is 0 Å². The Morgan fingerprint density at radius 1 is 0.610 bits per heavy atom. The zero-order chi connectivity index (χ0) is 27.9. The average Bonchev–Trinajstić information content (AvgIpc) is 3.44. The largest absolute Gasteiger partial charge is 0.472 e. The van der Waals surface area contributed by atoms with E-state index in [9.17, 15) is 0 Å². The molecule has 6 rings (SSSR count). The van der Waals surface area contributed by atoms with Gasteiger partial charge in [-0.1, -0.05) is 140 Å². The number of hydrogen-bond acceptors (Lipinski definition) is 3. The van der Waals surface area contributed by atoms with Crippen molar-refractivity contribution in [3.8, 4) is 0 Å². The van der Waals surface area contributed by atoms with Crippen LogP contribution in [-0.4, -0.2) is 23.6 Å². The summed E-state index contributed by atoms with van der Waals surface area (Å²) in [5.41, 5.74) is 2.74. The van der Waals surface area contributed by atoms with Gasteiger partial charge in [0.05, 0.1) is 8.15 Å². The van der Waals surface area contributed by atoms with E-state index in [1.165, 1.54) is 21.7 Å². The second-order valence-electron chi connectivity index (χ2n) is 10.5. The lowest BCUT2D eigenvalue weighted by atomic mass is 9.80. The molecule has 0 unspecified atom stereocenters. The Balaban J connectivity index is 1.52. The first-order valence-electron chi connectivity index (χ1n) is 14.2. The Labute approximate surface area is 244 Å². The minimum atomic E-state index is -1.16. The third-order valence-electron chi connectivity index (χ3n) is 7.51. The fourth-order valence-electron chi connectivity index (χ4n) is 5.61. The summed E-state index contributed by atoms with van der Waals surface area (Å²) in [6.45, 7) is 2.13. The molecule has 5 aromatic rings. The maximum Gasteiger partial charge on any atom is 0.216 e. The highest BCUT2D eigenvalue weighted by Gasteiger charge is 2.49. The van der Waals surface area contributed by atoms with Crippen molar-refractivity contribution in [3.05, 3.63) is 168 Å². The van der Waals surface area contributed by atoms with E-state index in [-0.39, 0.29) is 12.1 Å². The summed E-state index contributed by atoms with van der Waals surface area (Å²) in [5, 5.41) is 2.36. The zero-order valence-corrected chi connectivity index (χ0v) is 24.1. The molecule has 3 nitrogen and oxygen atoms in total. The predicted octanol–water partition coefficient (Wildman–Crippen LogP) is 7.51. The van der Waals surface area contributed by atoms with Crippen LogP contribution < -0.4 is 10.6 Å². The third-order valence-corrected chi connectivity index (χ3v) is 9.59. The Bertz CT molecular complexity index is 1460. The van der Waals surface area contributed by atoms with Crippen LogP contribution in [0.4, 0.5) is 0 Å². The standard InChI is InChI=1S/C37H34NO2P/c1-29-35(38-36(39-29)32-21-11-4-12-22-32)37(27-30-17-7-2-8-18-30,28-31-19-9-3-10-20-31)40-41(33-23-13-5-14-24-33)34-25-15-6-16-26-34/h2-26,29,35H,27-28H2,1H3/t29-,35+/m1/s1. The van der Waals surface area contributed by atoms with Gasteiger partial charge in [-0.15, -0.1) is 0 Å². The van der Waals surface area contributed by atoms with Crippen molar-refractivity contribution in [2.45, 2.75) is 37.5 Å². The van der Waals surface area contributed by atoms with Crippen LogP contribution in [0.2, 0.25) is 0 Å². The van der Waals surface area contributed by atoms with Crippen LogP contribution in [0.25, 0.3) is 0 Å². The molecule has 1 aliphatic rings. The van der Waals surface area contributed by atoms with Crippen molar-refractivity contribution in [1.82, 2.24) is 0 Å².